The zero-order chi connectivity index (χ0) is 14.0. The quantitative estimate of drug-likeness (QED) is 0.878. The van der Waals surface area contributed by atoms with Gasteiger partial charge in [0, 0.05) is 16.2 Å². The first kappa shape index (κ1) is 14.2. The lowest BCUT2D eigenvalue weighted by Gasteiger charge is -2.15. The Morgan fingerprint density at radius 3 is 2.42 bits per heavy atom. The summed E-state index contributed by atoms with van der Waals surface area (Å²) >= 11 is 1.60. The van der Waals surface area contributed by atoms with Crippen LogP contribution in [0.5, 0.6) is 0 Å². The highest BCUT2D eigenvalue weighted by Gasteiger charge is 2.19. The molecule has 1 nitrogen and oxygen atoms in total. The predicted octanol–water partition coefficient (Wildman–Crippen LogP) is 4.46. The van der Waals surface area contributed by atoms with Crippen molar-refractivity contribution in [2.45, 2.75) is 38.7 Å². The number of halogens is 1. The summed E-state index contributed by atoms with van der Waals surface area (Å²) in [5.74, 6) is -0.255. The van der Waals surface area contributed by atoms with Gasteiger partial charge in [-0.05, 0) is 29.2 Å². The van der Waals surface area contributed by atoms with Gasteiger partial charge >= 0.3 is 0 Å². The van der Waals surface area contributed by atoms with Crippen LogP contribution < -0.4 is 0 Å². The number of thiophene rings is 1. The molecule has 1 aromatic carbocycles. The highest BCUT2D eigenvalue weighted by atomic mass is 32.1. The average Bonchev–Trinajstić information content (AvgIpc) is 2.81. The molecule has 0 fully saturated rings. The zero-order valence-electron chi connectivity index (χ0n) is 11.5. The van der Waals surface area contributed by atoms with E-state index in [4.69, 9.17) is 0 Å². The lowest BCUT2D eigenvalue weighted by atomic mass is 9.95. The van der Waals surface area contributed by atoms with E-state index >= 15 is 0 Å². The van der Waals surface area contributed by atoms with Crippen LogP contribution in [-0.4, -0.2) is 5.11 Å². The van der Waals surface area contributed by atoms with Gasteiger partial charge in [-0.1, -0.05) is 39.0 Å². The van der Waals surface area contributed by atoms with Crippen molar-refractivity contribution in [3.8, 4) is 0 Å². The number of benzene rings is 1. The molecule has 1 unspecified atom stereocenters. The normalized spacial score (nSPS) is 13.5. The molecule has 0 saturated heterocycles. The summed E-state index contributed by atoms with van der Waals surface area (Å²) in [5, 5.41) is 10.2. The molecule has 2 rings (SSSR count). The third kappa shape index (κ3) is 3.43. The van der Waals surface area contributed by atoms with Gasteiger partial charge in [0.1, 0.15) is 5.82 Å². The van der Waals surface area contributed by atoms with Crippen molar-refractivity contribution in [3.05, 3.63) is 57.5 Å². The first-order valence-corrected chi connectivity index (χ1v) is 7.21. The molecule has 1 atom stereocenters. The van der Waals surface area contributed by atoms with E-state index in [2.05, 4.69) is 20.8 Å². The Balaban J connectivity index is 2.15. The van der Waals surface area contributed by atoms with E-state index in [9.17, 15) is 9.50 Å². The van der Waals surface area contributed by atoms with Crippen molar-refractivity contribution in [3.63, 3.8) is 0 Å². The van der Waals surface area contributed by atoms with Crippen molar-refractivity contribution in [1.29, 1.82) is 0 Å². The van der Waals surface area contributed by atoms with Gasteiger partial charge < -0.3 is 5.11 Å². The van der Waals surface area contributed by atoms with Crippen molar-refractivity contribution < 1.29 is 9.50 Å². The molecule has 1 N–H and O–H groups in total. The lowest BCUT2D eigenvalue weighted by Crippen LogP contribution is -2.08. The number of aliphatic hydroxyl groups is 1. The molecule has 0 amide bonds. The van der Waals surface area contributed by atoms with Crippen LogP contribution in [0.4, 0.5) is 4.39 Å². The summed E-state index contributed by atoms with van der Waals surface area (Å²) in [4.78, 5) is 2.13. The Morgan fingerprint density at radius 2 is 1.84 bits per heavy atom. The highest BCUT2D eigenvalue weighted by molar-refractivity contribution is 7.12. The zero-order valence-corrected chi connectivity index (χ0v) is 12.3. The summed E-state index contributed by atoms with van der Waals surface area (Å²) in [7, 11) is 0. The maximum absolute atomic E-state index is 13.6. The van der Waals surface area contributed by atoms with Crippen LogP contribution in [0.2, 0.25) is 0 Å². The fourth-order valence-corrected chi connectivity index (χ4v) is 2.96. The van der Waals surface area contributed by atoms with Crippen molar-refractivity contribution >= 4 is 11.3 Å². The third-order valence-electron chi connectivity index (χ3n) is 3.07. The number of rotatable bonds is 3. The van der Waals surface area contributed by atoms with Crippen LogP contribution in [0.3, 0.4) is 0 Å². The summed E-state index contributed by atoms with van der Waals surface area (Å²) in [5.41, 5.74) is 0.640. The Labute approximate surface area is 117 Å². The molecule has 19 heavy (non-hydrogen) atoms. The largest absolute Gasteiger partial charge is 0.387 e. The smallest absolute Gasteiger partial charge is 0.126 e. The standard InChI is InChI=1S/C16H19FOS/c1-16(2,3)15-9-8-14(19-15)13(18)10-11-6-4-5-7-12(11)17/h4-9,13,18H,10H2,1-3H3. The van der Waals surface area contributed by atoms with Crippen molar-refractivity contribution in [1.82, 2.24) is 0 Å². The van der Waals surface area contributed by atoms with Crippen LogP contribution in [0, 0.1) is 5.82 Å². The van der Waals surface area contributed by atoms with Crippen LogP contribution in [0.1, 0.15) is 42.2 Å². The molecule has 1 heterocycles. The van der Waals surface area contributed by atoms with Crippen molar-refractivity contribution in [2.75, 3.05) is 0 Å². The summed E-state index contributed by atoms with van der Waals surface area (Å²) < 4.78 is 13.6. The lowest BCUT2D eigenvalue weighted by molar-refractivity contribution is 0.181. The Kier molecular flexibility index (Phi) is 4.07. The maximum atomic E-state index is 13.6. The monoisotopic (exact) mass is 278 g/mol. The molecule has 0 saturated carbocycles. The van der Waals surface area contributed by atoms with E-state index in [-0.39, 0.29) is 11.2 Å². The summed E-state index contributed by atoms with van der Waals surface area (Å²) in [6, 6.07) is 10.6. The number of aliphatic hydroxyl groups excluding tert-OH is 1. The van der Waals surface area contributed by atoms with Gasteiger partial charge in [-0.3, -0.25) is 0 Å². The van der Waals surface area contributed by atoms with Gasteiger partial charge in [0.05, 0.1) is 6.10 Å². The molecule has 0 aliphatic heterocycles. The van der Waals surface area contributed by atoms with Gasteiger partial charge in [0.15, 0.2) is 0 Å². The molecule has 0 spiro atoms. The van der Waals surface area contributed by atoms with Gasteiger partial charge in [-0.25, -0.2) is 4.39 Å². The second-order valence-electron chi connectivity index (χ2n) is 5.76. The number of hydrogen-bond acceptors (Lipinski definition) is 2. The van der Waals surface area contributed by atoms with Gasteiger partial charge in [-0.2, -0.15) is 0 Å². The third-order valence-corrected chi connectivity index (χ3v) is 4.68. The molecule has 0 aliphatic rings. The molecular weight excluding hydrogens is 259 g/mol. The van der Waals surface area contributed by atoms with Crippen LogP contribution in [0.25, 0.3) is 0 Å². The maximum Gasteiger partial charge on any atom is 0.126 e. The van der Waals surface area contributed by atoms with E-state index < -0.39 is 6.10 Å². The van der Waals surface area contributed by atoms with Crippen LogP contribution in [0.15, 0.2) is 36.4 Å². The second-order valence-corrected chi connectivity index (χ2v) is 6.88. The second kappa shape index (κ2) is 5.43. The van der Waals surface area contributed by atoms with Gasteiger partial charge in [-0.15, -0.1) is 11.3 Å². The van der Waals surface area contributed by atoms with E-state index in [1.54, 1.807) is 29.5 Å². The molecule has 0 bridgehead atoms. The highest BCUT2D eigenvalue weighted by Crippen LogP contribution is 2.33. The Morgan fingerprint density at radius 1 is 1.16 bits per heavy atom. The topological polar surface area (TPSA) is 20.2 Å². The molecule has 2 aromatic rings. The van der Waals surface area contributed by atoms with Crippen LogP contribution in [-0.2, 0) is 11.8 Å². The molecule has 0 radical (unpaired) electrons. The predicted molar refractivity (Wildman–Crippen MR) is 78.1 cm³/mol. The Bertz CT molecular complexity index is 554. The van der Waals surface area contributed by atoms with Crippen LogP contribution >= 0.6 is 11.3 Å². The SMILES string of the molecule is CC(C)(C)c1ccc(C(O)Cc2ccccc2F)s1. The molecular formula is C16H19FOS. The fourth-order valence-electron chi connectivity index (χ4n) is 1.91. The molecule has 1 aromatic heterocycles. The molecule has 102 valence electrons. The first-order chi connectivity index (χ1) is 8.88. The minimum atomic E-state index is -0.641. The summed E-state index contributed by atoms with van der Waals surface area (Å²) in [6.07, 6.45) is -0.325. The Hall–Kier alpha value is -1.19. The molecule has 3 heteroatoms. The average molecular weight is 278 g/mol. The van der Waals surface area contributed by atoms with Gasteiger partial charge in [0.2, 0.25) is 0 Å². The minimum Gasteiger partial charge on any atom is -0.387 e. The first-order valence-electron chi connectivity index (χ1n) is 6.39. The summed E-state index contributed by atoms with van der Waals surface area (Å²) in [6.45, 7) is 6.43. The van der Waals surface area contributed by atoms with E-state index in [0.717, 1.165) is 4.88 Å². The molecule has 0 aliphatic carbocycles. The van der Waals surface area contributed by atoms with Gasteiger partial charge in [0.25, 0.3) is 0 Å². The minimum absolute atomic E-state index is 0.0840. The van der Waals surface area contributed by atoms with Crippen molar-refractivity contribution in [2.24, 2.45) is 0 Å². The van der Waals surface area contributed by atoms with E-state index in [0.29, 0.717) is 12.0 Å². The van der Waals surface area contributed by atoms with E-state index in [1.807, 2.05) is 12.1 Å². The number of hydrogen-bond donors (Lipinski definition) is 1. The fraction of sp³-hybridized carbons (Fsp3) is 0.375. The van der Waals surface area contributed by atoms with E-state index in [1.165, 1.54) is 10.9 Å².